The number of hydrogen-bond acceptors (Lipinski definition) is 4. The Bertz CT molecular complexity index is 611. The lowest BCUT2D eigenvalue weighted by molar-refractivity contribution is -0.117. The highest BCUT2D eigenvalue weighted by Crippen LogP contribution is 2.25. The van der Waals surface area contributed by atoms with Gasteiger partial charge in [0.15, 0.2) is 5.82 Å². The molecule has 0 saturated carbocycles. The molecule has 2 aromatic rings. The number of rotatable bonds is 5. The van der Waals surface area contributed by atoms with Crippen molar-refractivity contribution in [2.75, 3.05) is 0 Å². The molecule has 8 heteroatoms. The molecule has 0 aliphatic carbocycles. The first-order valence-corrected chi connectivity index (χ1v) is 6.72. The molecule has 20 heavy (non-hydrogen) atoms. The zero-order valence-corrected chi connectivity index (χ0v) is 11.4. The van der Waals surface area contributed by atoms with Crippen molar-refractivity contribution in [2.24, 2.45) is 5.73 Å². The Kier molecular flexibility index (Phi) is 4.33. The summed E-state index contributed by atoms with van der Waals surface area (Å²) in [4.78, 5) is 15.2. The van der Waals surface area contributed by atoms with Crippen molar-refractivity contribution in [1.29, 1.82) is 0 Å². The molecule has 1 heterocycles. The van der Waals surface area contributed by atoms with Gasteiger partial charge in [0.2, 0.25) is 11.1 Å². The van der Waals surface area contributed by atoms with E-state index in [-0.39, 0.29) is 11.4 Å². The predicted molar refractivity (Wildman–Crippen MR) is 70.9 cm³/mol. The zero-order chi connectivity index (χ0) is 14.7. The minimum absolute atomic E-state index is 0.227. The van der Waals surface area contributed by atoms with E-state index in [9.17, 15) is 13.6 Å². The smallest absolute Gasteiger partial charge is 0.231 e. The molecule has 3 N–H and O–H groups in total. The second kappa shape index (κ2) is 6.00. The van der Waals surface area contributed by atoms with Gasteiger partial charge >= 0.3 is 0 Å². The summed E-state index contributed by atoms with van der Waals surface area (Å²) in [5.41, 5.74) is 5.47. The van der Waals surface area contributed by atoms with Crippen LogP contribution < -0.4 is 5.73 Å². The van der Waals surface area contributed by atoms with E-state index in [2.05, 4.69) is 15.2 Å². The maximum Gasteiger partial charge on any atom is 0.231 e. The van der Waals surface area contributed by atoms with Gasteiger partial charge in [-0.25, -0.2) is 13.8 Å². The van der Waals surface area contributed by atoms with Crippen LogP contribution in [0.15, 0.2) is 23.4 Å². The van der Waals surface area contributed by atoms with E-state index in [4.69, 9.17) is 5.73 Å². The number of aromatic amines is 1. The minimum Gasteiger partial charge on any atom is -0.369 e. The average Bonchev–Trinajstić information content (AvgIpc) is 2.83. The molecule has 0 radical (unpaired) electrons. The summed E-state index contributed by atoms with van der Waals surface area (Å²) >= 11 is 1.11. The first-order valence-electron chi connectivity index (χ1n) is 5.84. The number of hydrogen-bond donors (Lipinski definition) is 2. The van der Waals surface area contributed by atoms with Crippen LogP contribution in [0.4, 0.5) is 8.78 Å². The van der Waals surface area contributed by atoms with Crippen LogP contribution in [-0.4, -0.2) is 26.3 Å². The lowest BCUT2D eigenvalue weighted by Gasteiger charge is -2.05. The normalized spacial score (nSPS) is 12.3. The summed E-state index contributed by atoms with van der Waals surface area (Å²) < 4.78 is 26.2. The number of aromatic nitrogens is 3. The van der Waals surface area contributed by atoms with Gasteiger partial charge in [0, 0.05) is 11.6 Å². The highest BCUT2D eigenvalue weighted by Gasteiger charge is 2.18. The van der Waals surface area contributed by atoms with Gasteiger partial charge in [-0.2, -0.15) is 0 Å². The second-order valence-electron chi connectivity index (χ2n) is 4.04. The number of carbonyl (C=O) groups is 1. The molecular weight excluding hydrogens is 286 g/mol. The Hall–Kier alpha value is -1.96. The fraction of sp³-hybridized carbons (Fsp3) is 0.250. The molecule has 106 valence electrons. The quantitative estimate of drug-likeness (QED) is 0.828. The highest BCUT2D eigenvalue weighted by molar-refractivity contribution is 8.00. The first-order chi connectivity index (χ1) is 9.49. The molecule has 1 amide bonds. The van der Waals surface area contributed by atoms with E-state index < -0.39 is 22.8 Å². The molecule has 0 fully saturated rings. The summed E-state index contributed by atoms with van der Waals surface area (Å²) in [6, 6.07) is 3.06. The standard InChI is InChI=1S/C12H12F2N4OS/c1-2-9(10(15)19)20-12-16-11(17-18-12)6-3-7(13)5-8(14)4-6/h3-5,9H,2H2,1H3,(H2,15,19)(H,16,17,18)/t9-/m1/s1. The first kappa shape index (κ1) is 14.4. The molecule has 0 aliphatic rings. The number of benzene rings is 1. The lowest BCUT2D eigenvalue weighted by atomic mass is 10.2. The molecule has 0 aliphatic heterocycles. The maximum atomic E-state index is 13.1. The average molecular weight is 298 g/mol. The van der Waals surface area contributed by atoms with Gasteiger partial charge in [-0.1, -0.05) is 18.7 Å². The Balaban J connectivity index is 2.22. The molecule has 1 aromatic heterocycles. The molecule has 1 aromatic carbocycles. The van der Waals surface area contributed by atoms with Crippen molar-refractivity contribution in [2.45, 2.75) is 23.8 Å². The molecule has 5 nitrogen and oxygen atoms in total. The zero-order valence-electron chi connectivity index (χ0n) is 10.6. The number of halogens is 2. The van der Waals surface area contributed by atoms with Crippen LogP contribution in [0.5, 0.6) is 0 Å². The van der Waals surface area contributed by atoms with Crippen LogP contribution in [0.1, 0.15) is 13.3 Å². The molecule has 0 spiro atoms. The van der Waals surface area contributed by atoms with Crippen LogP contribution in [0, 0.1) is 11.6 Å². The summed E-state index contributed by atoms with van der Waals surface area (Å²) in [6.45, 7) is 1.82. The van der Waals surface area contributed by atoms with Crippen molar-refractivity contribution in [1.82, 2.24) is 15.2 Å². The third kappa shape index (κ3) is 3.32. The molecular formula is C12H12F2N4OS. The van der Waals surface area contributed by atoms with Crippen LogP contribution in [0.3, 0.4) is 0 Å². The lowest BCUT2D eigenvalue weighted by Crippen LogP contribution is -2.24. The van der Waals surface area contributed by atoms with Gasteiger partial charge in [-0.15, -0.1) is 5.10 Å². The van der Waals surface area contributed by atoms with Crippen LogP contribution in [0.25, 0.3) is 11.4 Å². The third-order valence-corrected chi connectivity index (χ3v) is 3.78. The Labute approximate surface area is 118 Å². The largest absolute Gasteiger partial charge is 0.369 e. The number of primary amides is 1. The number of nitrogens with two attached hydrogens (primary N) is 1. The SMILES string of the molecule is CC[C@@H](Sc1n[nH]c(-c2cc(F)cc(F)c2)n1)C(N)=O. The minimum atomic E-state index is -0.700. The number of nitrogens with one attached hydrogen (secondary N) is 1. The summed E-state index contributed by atoms with van der Waals surface area (Å²) in [7, 11) is 0. The van der Waals surface area contributed by atoms with Crippen molar-refractivity contribution in [3.63, 3.8) is 0 Å². The van der Waals surface area contributed by atoms with Gasteiger partial charge in [0.1, 0.15) is 11.6 Å². The van der Waals surface area contributed by atoms with E-state index in [1.165, 1.54) is 0 Å². The van der Waals surface area contributed by atoms with E-state index in [1.54, 1.807) is 0 Å². The van der Waals surface area contributed by atoms with Crippen molar-refractivity contribution >= 4 is 17.7 Å². The summed E-state index contributed by atoms with van der Waals surface area (Å²) in [6.07, 6.45) is 0.540. The van der Waals surface area contributed by atoms with Gasteiger partial charge in [0.05, 0.1) is 5.25 Å². The van der Waals surface area contributed by atoms with E-state index in [0.717, 1.165) is 30.0 Å². The highest BCUT2D eigenvalue weighted by atomic mass is 32.2. The number of nitrogens with zero attached hydrogens (tertiary/aromatic N) is 2. The van der Waals surface area contributed by atoms with E-state index in [1.807, 2.05) is 6.92 Å². The van der Waals surface area contributed by atoms with Crippen LogP contribution in [0.2, 0.25) is 0 Å². The number of amides is 1. The second-order valence-corrected chi connectivity index (χ2v) is 5.21. The maximum absolute atomic E-state index is 13.1. The fourth-order valence-electron chi connectivity index (χ4n) is 1.59. The van der Waals surface area contributed by atoms with Crippen molar-refractivity contribution < 1.29 is 13.6 Å². The van der Waals surface area contributed by atoms with Crippen molar-refractivity contribution in [3.8, 4) is 11.4 Å². The summed E-state index contributed by atoms with van der Waals surface area (Å²) in [5, 5.41) is 6.33. The summed E-state index contributed by atoms with van der Waals surface area (Å²) in [5.74, 6) is -1.63. The van der Waals surface area contributed by atoms with Crippen LogP contribution >= 0.6 is 11.8 Å². The number of H-pyrrole nitrogens is 1. The van der Waals surface area contributed by atoms with E-state index >= 15 is 0 Å². The fourth-order valence-corrected chi connectivity index (χ4v) is 2.37. The molecule has 1 atom stereocenters. The molecule has 0 unspecified atom stereocenters. The Morgan fingerprint density at radius 3 is 2.60 bits per heavy atom. The number of thioether (sulfide) groups is 1. The van der Waals surface area contributed by atoms with Crippen LogP contribution in [-0.2, 0) is 4.79 Å². The van der Waals surface area contributed by atoms with Gasteiger partial charge in [-0.05, 0) is 18.6 Å². The molecule has 0 saturated heterocycles. The van der Waals surface area contributed by atoms with Gasteiger partial charge in [-0.3, -0.25) is 9.89 Å². The monoisotopic (exact) mass is 298 g/mol. The Morgan fingerprint density at radius 1 is 1.40 bits per heavy atom. The topological polar surface area (TPSA) is 84.7 Å². The molecule has 2 rings (SSSR count). The third-order valence-electron chi connectivity index (χ3n) is 2.54. The molecule has 0 bridgehead atoms. The number of carbonyl (C=O) groups excluding carboxylic acids is 1. The van der Waals surface area contributed by atoms with Gasteiger partial charge in [0.25, 0.3) is 0 Å². The Morgan fingerprint density at radius 2 is 2.05 bits per heavy atom. The van der Waals surface area contributed by atoms with E-state index in [0.29, 0.717) is 11.6 Å². The predicted octanol–water partition coefficient (Wildman–Crippen LogP) is 2.11. The van der Waals surface area contributed by atoms with Crippen molar-refractivity contribution in [3.05, 3.63) is 29.8 Å². The van der Waals surface area contributed by atoms with Gasteiger partial charge < -0.3 is 5.73 Å².